The van der Waals surface area contributed by atoms with Gasteiger partial charge < -0.3 is 20.1 Å². The van der Waals surface area contributed by atoms with Gasteiger partial charge in [0.15, 0.2) is 13.2 Å². The van der Waals surface area contributed by atoms with Gasteiger partial charge in [0.25, 0.3) is 11.8 Å². The molecule has 0 saturated heterocycles. The van der Waals surface area contributed by atoms with Gasteiger partial charge in [-0.3, -0.25) is 9.59 Å². The third-order valence-electron chi connectivity index (χ3n) is 3.36. The molecule has 0 heterocycles. The smallest absolute Gasteiger partial charge is 0.262 e. The van der Waals surface area contributed by atoms with Crippen LogP contribution < -0.4 is 20.1 Å². The fourth-order valence-electron chi connectivity index (χ4n) is 2.04. The third-order valence-corrected chi connectivity index (χ3v) is 3.61. The first-order valence-corrected chi connectivity index (χ1v) is 8.71. The molecule has 0 radical (unpaired) electrons. The molecule has 2 N–H and O–H groups in total. The predicted octanol–water partition coefficient (Wildman–Crippen LogP) is 2.93. The number of para-hydroxylation sites is 1. The van der Waals surface area contributed by atoms with Crippen LogP contribution in [0.25, 0.3) is 0 Å². The maximum atomic E-state index is 11.8. The lowest BCUT2D eigenvalue weighted by molar-refractivity contribution is -0.123. The number of nitrogens with one attached hydrogen (secondary N) is 2. The molecule has 0 aliphatic rings. The third kappa shape index (κ3) is 8.29. The van der Waals surface area contributed by atoms with Crippen LogP contribution in [0.2, 0.25) is 5.02 Å². The van der Waals surface area contributed by atoms with E-state index in [4.69, 9.17) is 21.1 Å². The van der Waals surface area contributed by atoms with Crippen LogP contribution in [0.3, 0.4) is 0 Å². The van der Waals surface area contributed by atoms with Crippen LogP contribution in [0.1, 0.15) is 6.42 Å². The van der Waals surface area contributed by atoms with Gasteiger partial charge >= 0.3 is 0 Å². The van der Waals surface area contributed by atoms with E-state index in [9.17, 15) is 9.59 Å². The lowest BCUT2D eigenvalue weighted by Crippen LogP contribution is -2.32. The van der Waals surface area contributed by atoms with Crippen LogP contribution in [-0.2, 0) is 9.59 Å². The average molecular weight is 389 g/mol. The molecule has 0 aliphatic carbocycles. The van der Waals surface area contributed by atoms with Crippen molar-refractivity contribution in [2.45, 2.75) is 6.42 Å². The molecule has 0 aromatic heterocycles. The van der Waals surface area contributed by atoms with E-state index in [0.29, 0.717) is 35.2 Å². The number of rotatable bonds is 10. The van der Waals surface area contributed by atoms with Crippen molar-refractivity contribution in [1.29, 1.82) is 0 Å². The molecule has 2 rings (SSSR count). The Morgan fingerprint density at radius 1 is 0.889 bits per heavy atom. The molecule has 0 bridgehead atoms. The Hall–Kier alpha value is -2.99. The number of ether oxygens (including phenoxy) is 2. The summed E-state index contributed by atoms with van der Waals surface area (Å²) in [7, 11) is 0. The van der Waals surface area contributed by atoms with Crippen molar-refractivity contribution in [3.8, 4) is 11.5 Å². The Labute approximate surface area is 163 Å². The number of halogens is 1. The Balaban J connectivity index is 1.57. The molecule has 2 aromatic carbocycles. The molecule has 0 fully saturated rings. The van der Waals surface area contributed by atoms with Gasteiger partial charge in [-0.15, -0.1) is 0 Å². The van der Waals surface area contributed by atoms with E-state index in [1.807, 2.05) is 18.2 Å². The maximum absolute atomic E-state index is 11.8. The number of amides is 2. The van der Waals surface area contributed by atoms with Gasteiger partial charge in [-0.05, 0) is 36.4 Å². The zero-order valence-electron chi connectivity index (χ0n) is 14.7. The van der Waals surface area contributed by atoms with Gasteiger partial charge in [-0.25, -0.2) is 0 Å². The van der Waals surface area contributed by atoms with E-state index >= 15 is 0 Å². The van der Waals surface area contributed by atoms with Crippen LogP contribution in [0.4, 0.5) is 0 Å². The molecule has 2 aromatic rings. The largest absolute Gasteiger partial charge is 0.484 e. The zero-order chi connectivity index (χ0) is 19.5. The van der Waals surface area contributed by atoms with E-state index in [1.165, 1.54) is 0 Å². The Bertz CT molecular complexity index is 763. The quantitative estimate of drug-likeness (QED) is 0.656. The van der Waals surface area contributed by atoms with Crippen molar-refractivity contribution in [3.05, 3.63) is 71.9 Å². The second kappa shape index (κ2) is 10.9. The Kier molecular flexibility index (Phi) is 8.19. The highest BCUT2D eigenvalue weighted by Crippen LogP contribution is 2.15. The molecular formula is C20H21ClN2O4. The first kappa shape index (κ1) is 20.3. The molecule has 0 spiro atoms. The van der Waals surface area contributed by atoms with Crippen molar-refractivity contribution in [1.82, 2.24) is 10.6 Å². The monoisotopic (exact) mass is 388 g/mol. The standard InChI is InChI=1S/C20H21ClN2O4/c1-15(23-20(25)14-27-17-5-3-2-4-6-17)11-12-22-19(24)13-26-18-9-7-16(21)8-10-18/h2-10H,1,11-14H2,(H,22,24)(H,23,25). The van der Waals surface area contributed by atoms with E-state index in [1.54, 1.807) is 36.4 Å². The molecule has 0 atom stereocenters. The molecule has 7 heteroatoms. The number of hydrogen-bond donors (Lipinski definition) is 2. The van der Waals surface area contributed by atoms with Crippen molar-refractivity contribution in [2.24, 2.45) is 0 Å². The second-order valence-corrected chi connectivity index (χ2v) is 6.03. The second-order valence-electron chi connectivity index (χ2n) is 5.60. The summed E-state index contributed by atoms with van der Waals surface area (Å²) in [6.07, 6.45) is 0.407. The van der Waals surface area contributed by atoms with E-state index < -0.39 is 0 Å². The molecule has 2 amide bonds. The van der Waals surface area contributed by atoms with Crippen molar-refractivity contribution < 1.29 is 19.1 Å². The van der Waals surface area contributed by atoms with E-state index in [0.717, 1.165) is 0 Å². The minimum atomic E-state index is -0.304. The normalized spacial score (nSPS) is 9.96. The van der Waals surface area contributed by atoms with E-state index in [-0.39, 0.29) is 25.0 Å². The van der Waals surface area contributed by atoms with Crippen LogP contribution in [0.5, 0.6) is 11.5 Å². The molecule has 6 nitrogen and oxygen atoms in total. The SMILES string of the molecule is C=C(CCNC(=O)COc1ccc(Cl)cc1)NC(=O)COc1ccccc1. The molecule has 142 valence electrons. The zero-order valence-corrected chi connectivity index (χ0v) is 15.5. The molecular weight excluding hydrogens is 368 g/mol. The molecule has 0 aliphatic heterocycles. The summed E-state index contributed by atoms with van der Waals surface area (Å²) < 4.78 is 10.7. The number of benzene rings is 2. The van der Waals surface area contributed by atoms with Crippen LogP contribution in [0.15, 0.2) is 66.9 Å². The minimum Gasteiger partial charge on any atom is -0.484 e. The summed E-state index contributed by atoms with van der Waals surface area (Å²) in [6.45, 7) is 3.89. The van der Waals surface area contributed by atoms with Gasteiger partial charge in [0.2, 0.25) is 0 Å². The van der Waals surface area contributed by atoms with Crippen molar-refractivity contribution >= 4 is 23.4 Å². The summed E-state index contributed by atoms with van der Waals surface area (Å²) in [5, 5.41) is 5.93. The molecule has 0 saturated carbocycles. The van der Waals surface area contributed by atoms with Gasteiger partial charge in [-0.1, -0.05) is 36.4 Å². The first-order chi connectivity index (χ1) is 13.0. The fraction of sp³-hybridized carbons (Fsp3) is 0.200. The Morgan fingerprint density at radius 2 is 1.48 bits per heavy atom. The Morgan fingerprint density at radius 3 is 2.15 bits per heavy atom. The maximum Gasteiger partial charge on any atom is 0.262 e. The topological polar surface area (TPSA) is 76.7 Å². The summed E-state index contributed by atoms with van der Waals surface area (Å²) in [5.41, 5.74) is 0.496. The summed E-state index contributed by atoms with van der Waals surface area (Å²) in [4.78, 5) is 23.5. The summed E-state index contributed by atoms with van der Waals surface area (Å²) in [6, 6.07) is 15.8. The highest BCUT2D eigenvalue weighted by molar-refractivity contribution is 6.30. The van der Waals surface area contributed by atoms with Crippen molar-refractivity contribution in [3.63, 3.8) is 0 Å². The summed E-state index contributed by atoms with van der Waals surface area (Å²) in [5.74, 6) is 0.605. The number of carbonyl (C=O) groups is 2. The van der Waals surface area contributed by atoms with Crippen LogP contribution >= 0.6 is 11.6 Å². The highest BCUT2D eigenvalue weighted by atomic mass is 35.5. The molecule has 0 unspecified atom stereocenters. The lowest BCUT2D eigenvalue weighted by atomic mass is 10.3. The lowest BCUT2D eigenvalue weighted by Gasteiger charge is -2.11. The van der Waals surface area contributed by atoms with E-state index in [2.05, 4.69) is 17.2 Å². The van der Waals surface area contributed by atoms with Gasteiger partial charge in [0.05, 0.1) is 0 Å². The van der Waals surface area contributed by atoms with Gasteiger partial charge in [-0.2, -0.15) is 0 Å². The highest BCUT2D eigenvalue weighted by Gasteiger charge is 2.06. The fourth-order valence-corrected chi connectivity index (χ4v) is 2.17. The molecule has 27 heavy (non-hydrogen) atoms. The predicted molar refractivity (Wildman–Crippen MR) is 104 cm³/mol. The summed E-state index contributed by atoms with van der Waals surface area (Å²) >= 11 is 5.78. The number of hydrogen-bond acceptors (Lipinski definition) is 4. The van der Waals surface area contributed by atoms with Crippen molar-refractivity contribution in [2.75, 3.05) is 19.8 Å². The van der Waals surface area contributed by atoms with Gasteiger partial charge in [0, 0.05) is 23.7 Å². The average Bonchev–Trinajstić information content (AvgIpc) is 2.67. The minimum absolute atomic E-state index is 0.106. The van der Waals surface area contributed by atoms with Crippen LogP contribution in [0, 0.1) is 0 Å². The van der Waals surface area contributed by atoms with Gasteiger partial charge in [0.1, 0.15) is 11.5 Å². The van der Waals surface area contributed by atoms with Crippen LogP contribution in [-0.4, -0.2) is 31.6 Å². The number of carbonyl (C=O) groups excluding carboxylic acids is 2. The first-order valence-electron chi connectivity index (χ1n) is 8.33.